The third-order valence-corrected chi connectivity index (χ3v) is 8.84. The van der Waals surface area contributed by atoms with Gasteiger partial charge < -0.3 is 25.8 Å². The van der Waals surface area contributed by atoms with Crippen LogP contribution in [-0.4, -0.2) is 71.6 Å². The number of carbonyl (C=O) groups excluding carboxylic acids is 1. The van der Waals surface area contributed by atoms with Gasteiger partial charge >= 0.3 is 0 Å². The first-order valence-electron chi connectivity index (χ1n) is 19.6. The zero-order valence-corrected chi connectivity index (χ0v) is 35.5. The van der Waals surface area contributed by atoms with Gasteiger partial charge in [-0.1, -0.05) is 142 Å². The molecule has 314 valence electrons. The number of nitrogens with zero attached hydrogens (tertiary/aromatic N) is 8. The molecule has 14 nitrogen and oxygen atoms in total. The van der Waals surface area contributed by atoms with Gasteiger partial charge in [-0.2, -0.15) is 9.59 Å². The van der Waals surface area contributed by atoms with Crippen LogP contribution in [0.5, 0.6) is 0 Å². The quantitative estimate of drug-likeness (QED) is 0.0842. The van der Waals surface area contributed by atoms with Crippen molar-refractivity contribution in [1.29, 1.82) is 0 Å². The number of rotatable bonds is 19. The van der Waals surface area contributed by atoms with Gasteiger partial charge in [0.15, 0.2) is 11.6 Å². The van der Waals surface area contributed by atoms with Gasteiger partial charge in [0.05, 0.1) is 51.1 Å². The Labute approximate surface area is 353 Å². The van der Waals surface area contributed by atoms with Crippen LogP contribution in [0.3, 0.4) is 0 Å². The van der Waals surface area contributed by atoms with Crippen molar-refractivity contribution in [2.45, 2.75) is 85.0 Å². The Hall–Kier alpha value is -5.38. The lowest BCUT2D eigenvalue weighted by molar-refractivity contribution is -0.126. The minimum atomic E-state index is -1.03. The molecule has 0 aliphatic heterocycles. The van der Waals surface area contributed by atoms with Crippen LogP contribution in [0.4, 0.5) is 0 Å². The molecule has 0 bridgehead atoms. The van der Waals surface area contributed by atoms with E-state index >= 15 is 0 Å². The molecule has 6 rings (SSSR count). The third kappa shape index (κ3) is 16.8. The van der Waals surface area contributed by atoms with E-state index in [2.05, 4.69) is 86.5 Å². The highest BCUT2D eigenvalue weighted by Gasteiger charge is 2.28. The molecule has 15 heteroatoms. The van der Waals surface area contributed by atoms with Crippen LogP contribution in [0, 0.1) is 5.41 Å². The zero-order valence-electron chi connectivity index (χ0n) is 34.6. The molecule has 4 N–H and O–H groups in total. The number of tetrazole rings is 2. The van der Waals surface area contributed by atoms with Crippen LogP contribution in [0.2, 0.25) is 0 Å². The van der Waals surface area contributed by atoms with Gasteiger partial charge in [0.1, 0.15) is 6.04 Å². The number of hydrogen-bond acceptors (Lipinski definition) is 11. The summed E-state index contributed by atoms with van der Waals surface area (Å²) in [5.74, 6) is 0.736. The van der Waals surface area contributed by atoms with Crippen molar-refractivity contribution in [2.75, 3.05) is 19.8 Å². The second-order valence-electron chi connectivity index (χ2n) is 15.9. The number of halogens is 1. The second kappa shape index (κ2) is 23.3. The third-order valence-electron chi connectivity index (χ3n) is 8.84. The van der Waals surface area contributed by atoms with E-state index in [1.54, 1.807) is 18.6 Å². The van der Waals surface area contributed by atoms with E-state index in [-0.39, 0.29) is 36.4 Å². The summed E-state index contributed by atoms with van der Waals surface area (Å²) in [7, 11) is 0. The predicted molar refractivity (Wildman–Crippen MR) is 230 cm³/mol. The Balaban J connectivity index is 0.000000256. The standard InChI is InChI=1S/C23H31N5O.C21H26N6O2.ClH/c1-23(2,3)14-15-24-21(18-29-17-20-12-8-5-9-13-20)22-25-27-28(26-22)16-19-10-6-4-7-11-19;1-21(2,22)20(28)23-18(15-29-14-17-11-7-4-8-12-17)19-24-26-27(25-19)13-16-9-5-3-6-10-16;/h4-13,21,24H,14-18H2,1-3H3;3-12,18H,13-15,22H2,1-2H3,(H,23,28);1H/t21-;18-;/m11./s1. The molecule has 0 aliphatic rings. The Morgan fingerprint density at radius 1 is 0.627 bits per heavy atom. The van der Waals surface area contributed by atoms with Gasteiger partial charge in [0.25, 0.3) is 0 Å². The van der Waals surface area contributed by atoms with Crippen LogP contribution in [-0.2, 0) is 40.6 Å². The van der Waals surface area contributed by atoms with Crippen molar-refractivity contribution >= 4 is 18.3 Å². The fraction of sp³-hybridized carbons (Fsp3) is 0.386. The number of benzene rings is 4. The van der Waals surface area contributed by atoms with Crippen LogP contribution in [0.25, 0.3) is 0 Å². The maximum atomic E-state index is 12.4. The maximum absolute atomic E-state index is 12.4. The summed E-state index contributed by atoms with van der Waals surface area (Å²) in [6.45, 7) is 13.6. The van der Waals surface area contributed by atoms with E-state index in [1.807, 2.05) is 97.1 Å². The summed E-state index contributed by atoms with van der Waals surface area (Å²) in [6.07, 6.45) is 1.06. The molecular weight excluding hydrogens is 766 g/mol. The molecule has 0 aliphatic carbocycles. The molecule has 0 radical (unpaired) electrons. The summed E-state index contributed by atoms with van der Waals surface area (Å²) >= 11 is 0. The van der Waals surface area contributed by atoms with E-state index in [0.29, 0.717) is 44.6 Å². The predicted octanol–water partition coefficient (Wildman–Crippen LogP) is 6.26. The molecule has 2 heterocycles. The normalized spacial score (nSPS) is 12.4. The Morgan fingerprint density at radius 2 is 1.02 bits per heavy atom. The van der Waals surface area contributed by atoms with Crippen molar-refractivity contribution in [1.82, 2.24) is 51.0 Å². The lowest BCUT2D eigenvalue weighted by Crippen LogP contribution is -2.50. The van der Waals surface area contributed by atoms with E-state index in [9.17, 15) is 4.79 Å². The van der Waals surface area contributed by atoms with Crippen LogP contribution < -0.4 is 16.4 Å². The van der Waals surface area contributed by atoms with Gasteiger partial charge in [-0.05, 0) is 64.9 Å². The van der Waals surface area contributed by atoms with Gasteiger partial charge in [0, 0.05) is 0 Å². The molecule has 59 heavy (non-hydrogen) atoms. The number of carbonyl (C=O) groups is 1. The first kappa shape index (κ1) is 46.3. The van der Waals surface area contributed by atoms with Gasteiger partial charge in [-0.25, -0.2) is 0 Å². The molecule has 0 spiro atoms. The average molecular weight is 824 g/mol. The van der Waals surface area contributed by atoms with Gasteiger partial charge in [-0.15, -0.1) is 32.8 Å². The molecule has 0 fully saturated rings. The fourth-order valence-electron chi connectivity index (χ4n) is 5.53. The number of amides is 1. The molecule has 2 aromatic heterocycles. The summed E-state index contributed by atoms with van der Waals surface area (Å²) < 4.78 is 11.8. The maximum Gasteiger partial charge on any atom is 0.240 e. The van der Waals surface area contributed by atoms with E-state index in [0.717, 1.165) is 35.2 Å². The topological polar surface area (TPSA) is 173 Å². The van der Waals surface area contributed by atoms with E-state index < -0.39 is 11.6 Å². The second-order valence-corrected chi connectivity index (χ2v) is 15.9. The van der Waals surface area contributed by atoms with Crippen molar-refractivity contribution in [2.24, 2.45) is 11.1 Å². The Bertz CT molecular complexity index is 2050. The monoisotopic (exact) mass is 823 g/mol. The molecule has 0 unspecified atom stereocenters. The van der Waals surface area contributed by atoms with Crippen LogP contribution >= 0.6 is 12.4 Å². The minimum absolute atomic E-state index is 0. The summed E-state index contributed by atoms with van der Waals surface area (Å²) in [4.78, 5) is 15.5. The lowest BCUT2D eigenvalue weighted by atomic mass is 9.92. The first-order valence-corrected chi connectivity index (χ1v) is 19.6. The molecule has 4 aromatic carbocycles. The number of aromatic nitrogens is 8. The summed E-state index contributed by atoms with van der Waals surface area (Å²) in [5.41, 5.74) is 9.55. The number of hydrogen-bond donors (Lipinski definition) is 3. The number of nitrogens with one attached hydrogen (secondary N) is 2. The minimum Gasteiger partial charge on any atom is -0.375 e. The van der Waals surface area contributed by atoms with Crippen molar-refractivity contribution < 1.29 is 14.3 Å². The smallest absolute Gasteiger partial charge is 0.240 e. The molecule has 0 saturated carbocycles. The summed E-state index contributed by atoms with van der Waals surface area (Å²) in [6, 6.07) is 39.3. The Morgan fingerprint density at radius 3 is 1.42 bits per heavy atom. The van der Waals surface area contributed by atoms with Crippen molar-refractivity contribution in [3.05, 3.63) is 155 Å². The SMILES string of the molecule is CC(C)(C)CCN[C@H](COCc1ccccc1)c1nnn(Cc2ccccc2)n1.CC(C)(N)C(=O)N[C@H](COCc1ccccc1)c1nnn(Cc2ccccc2)n1.Cl. The van der Waals surface area contributed by atoms with E-state index in [4.69, 9.17) is 15.2 Å². The lowest BCUT2D eigenvalue weighted by Gasteiger charge is -2.22. The zero-order chi connectivity index (χ0) is 41.2. The highest BCUT2D eigenvalue weighted by Crippen LogP contribution is 2.19. The van der Waals surface area contributed by atoms with Gasteiger partial charge in [-0.3, -0.25) is 4.79 Å². The molecule has 6 aromatic rings. The van der Waals surface area contributed by atoms with Crippen molar-refractivity contribution in [3.8, 4) is 0 Å². The molecule has 2 atom stereocenters. The highest BCUT2D eigenvalue weighted by atomic mass is 35.5. The number of nitrogens with two attached hydrogens (primary N) is 1. The van der Waals surface area contributed by atoms with Crippen LogP contribution in [0.1, 0.15) is 87.0 Å². The van der Waals surface area contributed by atoms with Crippen molar-refractivity contribution in [3.63, 3.8) is 0 Å². The van der Waals surface area contributed by atoms with Crippen LogP contribution in [0.15, 0.2) is 121 Å². The first-order chi connectivity index (χ1) is 27.9. The molecular formula is C44H58ClN11O3. The Kier molecular flexibility index (Phi) is 18.3. The van der Waals surface area contributed by atoms with E-state index in [1.165, 1.54) is 4.80 Å². The summed E-state index contributed by atoms with van der Waals surface area (Å²) in [5, 5.41) is 32.2. The largest absolute Gasteiger partial charge is 0.375 e. The molecule has 0 saturated heterocycles. The molecule has 1 amide bonds. The fourth-order valence-corrected chi connectivity index (χ4v) is 5.53. The average Bonchev–Trinajstić information content (AvgIpc) is 3.88. The van der Waals surface area contributed by atoms with Gasteiger partial charge in [0.2, 0.25) is 5.91 Å². The number of ether oxygens (including phenoxy) is 2. The highest BCUT2D eigenvalue weighted by molar-refractivity contribution is 5.85.